The summed E-state index contributed by atoms with van der Waals surface area (Å²) in [5.74, 6) is -1.28. The highest BCUT2D eigenvalue weighted by Crippen LogP contribution is 2.15. The summed E-state index contributed by atoms with van der Waals surface area (Å²) >= 11 is 5.16. The van der Waals surface area contributed by atoms with Crippen LogP contribution in [0.15, 0.2) is 48.5 Å². The van der Waals surface area contributed by atoms with Gasteiger partial charge in [-0.1, -0.05) is 18.2 Å². The van der Waals surface area contributed by atoms with Crippen LogP contribution < -0.4 is 16.0 Å². The van der Waals surface area contributed by atoms with Crippen molar-refractivity contribution < 1.29 is 19.1 Å². The number of para-hydroxylation sites is 1. The predicted octanol–water partition coefficient (Wildman–Crippen LogP) is 2.35. The predicted molar refractivity (Wildman–Crippen MR) is 106 cm³/mol. The molecule has 0 unspecified atom stereocenters. The van der Waals surface area contributed by atoms with E-state index >= 15 is 0 Å². The van der Waals surface area contributed by atoms with Gasteiger partial charge in [0, 0.05) is 12.1 Å². The Kier molecular flexibility index (Phi) is 7.01. The lowest BCUT2D eigenvalue weighted by atomic mass is 10.1. The summed E-state index contributed by atoms with van der Waals surface area (Å²) in [5, 5.41) is 8.11. The molecule has 0 saturated carbocycles. The zero-order valence-electron chi connectivity index (χ0n) is 14.9. The van der Waals surface area contributed by atoms with E-state index in [-0.39, 0.29) is 22.1 Å². The van der Waals surface area contributed by atoms with Crippen molar-refractivity contribution in [2.75, 3.05) is 19.0 Å². The Hall–Kier alpha value is -3.26. The van der Waals surface area contributed by atoms with Gasteiger partial charge in [0.2, 0.25) is 0 Å². The van der Waals surface area contributed by atoms with E-state index in [0.717, 1.165) is 0 Å². The average molecular weight is 385 g/mol. The van der Waals surface area contributed by atoms with Crippen LogP contribution in [-0.2, 0) is 4.74 Å². The summed E-state index contributed by atoms with van der Waals surface area (Å²) in [7, 11) is 1.26. The number of nitrogens with one attached hydrogen (secondary N) is 3. The maximum Gasteiger partial charge on any atom is 0.337 e. The second-order valence-corrected chi connectivity index (χ2v) is 5.79. The van der Waals surface area contributed by atoms with E-state index in [0.29, 0.717) is 17.8 Å². The first-order valence-electron chi connectivity index (χ1n) is 8.14. The molecule has 0 bridgehead atoms. The Balaban J connectivity index is 2.09. The number of rotatable bonds is 5. The molecule has 3 N–H and O–H groups in total. The van der Waals surface area contributed by atoms with Gasteiger partial charge in [-0.15, -0.1) is 0 Å². The van der Waals surface area contributed by atoms with Crippen LogP contribution in [0.25, 0.3) is 0 Å². The van der Waals surface area contributed by atoms with Gasteiger partial charge in [-0.3, -0.25) is 14.9 Å². The Bertz CT molecular complexity index is 883. The summed E-state index contributed by atoms with van der Waals surface area (Å²) in [6.07, 6.45) is 0. The summed E-state index contributed by atoms with van der Waals surface area (Å²) < 4.78 is 4.64. The second-order valence-electron chi connectivity index (χ2n) is 5.39. The first kappa shape index (κ1) is 20.1. The minimum Gasteiger partial charge on any atom is -0.465 e. The molecule has 2 aromatic carbocycles. The fourth-order valence-electron chi connectivity index (χ4n) is 2.28. The SMILES string of the molecule is CCNC(=O)c1ccccc1NC(=S)NC(=O)c1cccc(C(=O)OC)c1. The van der Waals surface area contributed by atoms with Crippen molar-refractivity contribution in [3.63, 3.8) is 0 Å². The van der Waals surface area contributed by atoms with Crippen LogP contribution in [0, 0.1) is 0 Å². The molecule has 0 aliphatic carbocycles. The number of benzene rings is 2. The van der Waals surface area contributed by atoms with Gasteiger partial charge < -0.3 is 15.4 Å². The molecule has 140 valence electrons. The molecule has 0 spiro atoms. The normalized spacial score (nSPS) is 9.85. The smallest absolute Gasteiger partial charge is 0.337 e. The number of esters is 1. The first-order valence-corrected chi connectivity index (χ1v) is 8.55. The molecule has 2 aromatic rings. The number of hydrogen-bond acceptors (Lipinski definition) is 5. The molecule has 0 fully saturated rings. The third-order valence-corrected chi connectivity index (χ3v) is 3.73. The van der Waals surface area contributed by atoms with Crippen LogP contribution in [0.2, 0.25) is 0 Å². The Morgan fingerprint density at radius 3 is 2.41 bits per heavy atom. The average Bonchev–Trinajstić information content (AvgIpc) is 2.67. The Morgan fingerprint density at radius 1 is 1.00 bits per heavy atom. The maximum atomic E-state index is 12.4. The highest BCUT2D eigenvalue weighted by Gasteiger charge is 2.14. The van der Waals surface area contributed by atoms with E-state index in [1.54, 1.807) is 42.5 Å². The van der Waals surface area contributed by atoms with Gasteiger partial charge in [0.15, 0.2) is 5.11 Å². The summed E-state index contributed by atoms with van der Waals surface area (Å²) in [6.45, 7) is 2.31. The van der Waals surface area contributed by atoms with Crippen molar-refractivity contribution in [3.05, 3.63) is 65.2 Å². The van der Waals surface area contributed by atoms with Crippen molar-refractivity contribution in [2.24, 2.45) is 0 Å². The van der Waals surface area contributed by atoms with E-state index in [2.05, 4.69) is 20.7 Å². The molecular formula is C19H19N3O4S. The first-order chi connectivity index (χ1) is 13.0. The van der Waals surface area contributed by atoms with Crippen LogP contribution in [0.5, 0.6) is 0 Å². The Morgan fingerprint density at radius 2 is 1.70 bits per heavy atom. The molecule has 8 heteroatoms. The third kappa shape index (κ3) is 5.35. The summed E-state index contributed by atoms with van der Waals surface area (Å²) in [6, 6.07) is 12.9. The lowest BCUT2D eigenvalue weighted by molar-refractivity contribution is 0.0600. The van der Waals surface area contributed by atoms with Gasteiger partial charge in [-0.25, -0.2) is 4.79 Å². The maximum absolute atomic E-state index is 12.4. The van der Waals surface area contributed by atoms with E-state index in [9.17, 15) is 14.4 Å². The lowest BCUT2D eigenvalue weighted by Crippen LogP contribution is -2.35. The molecule has 2 amide bonds. The molecule has 0 saturated heterocycles. The number of hydrogen-bond donors (Lipinski definition) is 3. The van der Waals surface area contributed by atoms with Crippen molar-refractivity contribution in [1.82, 2.24) is 10.6 Å². The number of amides is 2. The second kappa shape index (κ2) is 9.44. The highest BCUT2D eigenvalue weighted by molar-refractivity contribution is 7.80. The summed E-state index contributed by atoms with van der Waals surface area (Å²) in [5.41, 5.74) is 1.38. The van der Waals surface area contributed by atoms with Gasteiger partial charge in [-0.05, 0) is 49.5 Å². The largest absolute Gasteiger partial charge is 0.465 e. The quantitative estimate of drug-likeness (QED) is 0.540. The molecule has 0 aliphatic heterocycles. The van der Waals surface area contributed by atoms with Gasteiger partial charge in [0.1, 0.15) is 0 Å². The van der Waals surface area contributed by atoms with Crippen LogP contribution in [0.4, 0.5) is 5.69 Å². The van der Waals surface area contributed by atoms with Gasteiger partial charge in [-0.2, -0.15) is 0 Å². The summed E-state index contributed by atoms with van der Waals surface area (Å²) in [4.78, 5) is 36.0. The van der Waals surface area contributed by atoms with E-state index < -0.39 is 11.9 Å². The Labute approximate surface area is 162 Å². The molecule has 0 atom stereocenters. The molecule has 2 rings (SSSR count). The number of carbonyl (C=O) groups excluding carboxylic acids is 3. The topological polar surface area (TPSA) is 96.5 Å². The van der Waals surface area contributed by atoms with Crippen LogP contribution in [0.3, 0.4) is 0 Å². The van der Waals surface area contributed by atoms with Crippen LogP contribution in [-0.4, -0.2) is 36.6 Å². The number of methoxy groups -OCH3 is 1. The minimum atomic E-state index is -0.541. The molecule has 0 aromatic heterocycles. The van der Waals surface area contributed by atoms with Crippen molar-refractivity contribution in [2.45, 2.75) is 6.92 Å². The number of anilines is 1. The van der Waals surface area contributed by atoms with Gasteiger partial charge in [0.25, 0.3) is 11.8 Å². The fraction of sp³-hybridized carbons (Fsp3) is 0.158. The van der Waals surface area contributed by atoms with Crippen LogP contribution in [0.1, 0.15) is 38.0 Å². The van der Waals surface area contributed by atoms with Crippen LogP contribution >= 0.6 is 12.2 Å². The standard InChI is InChI=1S/C19H19N3O4S/c1-3-20-17(24)14-9-4-5-10-15(14)21-19(27)22-16(23)12-7-6-8-13(11-12)18(25)26-2/h4-11H,3H2,1-2H3,(H,20,24)(H2,21,22,23,27). The van der Waals surface area contributed by atoms with E-state index in [4.69, 9.17) is 12.2 Å². The third-order valence-electron chi connectivity index (χ3n) is 3.53. The monoisotopic (exact) mass is 385 g/mol. The highest BCUT2D eigenvalue weighted by atomic mass is 32.1. The van der Waals surface area contributed by atoms with E-state index in [1.165, 1.54) is 13.2 Å². The van der Waals surface area contributed by atoms with Crippen molar-refractivity contribution in [3.8, 4) is 0 Å². The molecule has 0 aliphatic rings. The molecule has 0 heterocycles. The van der Waals surface area contributed by atoms with Gasteiger partial charge in [0.05, 0.1) is 23.9 Å². The lowest BCUT2D eigenvalue weighted by Gasteiger charge is -2.13. The zero-order chi connectivity index (χ0) is 19.8. The fourth-order valence-corrected chi connectivity index (χ4v) is 2.48. The van der Waals surface area contributed by atoms with E-state index in [1.807, 2.05) is 6.92 Å². The molecular weight excluding hydrogens is 366 g/mol. The number of carbonyl (C=O) groups is 3. The van der Waals surface area contributed by atoms with Crippen molar-refractivity contribution in [1.29, 1.82) is 0 Å². The number of thiocarbonyl (C=S) groups is 1. The molecule has 0 radical (unpaired) electrons. The molecule has 7 nitrogen and oxygen atoms in total. The van der Waals surface area contributed by atoms with Gasteiger partial charge >= 0.3 is 5.97 Å². The molecule has 27 heavy (non-hydrogen) atoms. The minimum absolute atomic E-state index is 0.0280. The number of ether oxygens (including phenoxy) is 1. The zero-order valence-corrected chi connectivity index (χ0v) is 15.7. The van der Waals surface area contributed by atoms with Crippen molar-refractivity contribution >= 4 is 40.8 Å².